The van der Waals surface area contributed by atoms with Gasteiger partial charge in [0, 0.05) is 66.7 Å². The number of carbonyl (C=O) groups excluding carboxylic acids is 1. The molecule has 0 bridgehead atoms. The SMILES string of the molecule is C.C1CCOC1.O=C1CCCc2ccccc21.[2H][2H].c1ccc(C(=NNc2cccc3c2-c2ccccc2C32c3ccccc3C3(c4ccccc4-c4ccccc43)c3ccccc32)c2ccccc2)cc1.c1ccc2c(c1)-c1ccccc1C21c2ccccc2C2(c3ccccc3-c3c2ccc2c3[nH]c3ccc4ccccc4c32)c2ccccc21. The first-order valence-corrected chi connectivity index (χ1v) is 41.8. The van der Waals surface area contributed by atoms with Crippen LogP contribution in [0.15, 0.2) is 399 Å². The van der Waals surface area contributed by atoms with Crippen LogP contribution in [0.25, 0.3) is 77.1 Å². The molecule has 2 N–H and O–H groups in total. The van der Waals surface area contributed by atoms with E-state index in [4.69, 9.17) is 12.8 Å². The second-order valence-corrected chi connectivity index (χ2v) is 32.5. The number of ether oxygens (including phenoxy) is 1. The summed E-state index contributed by atoms with van der Waals surface area (Å²) >= 11 is 0. The van der Waals surface area contributed by atoms with Gasteiger partial charge in [0.25, 0.3) is 0 Å². The normalized spacial score (nSPS) is 15.2. The van der Waals surface area contributed by atoms with E-state index in [1.165, 1.54) is 185 Å². The van der Waals surface area contributed by atoms with Gasteiger partial charge in [0.2, 0.25) is 0 Å². The van der Waals surface area contributed by atoms with Gasteiger partial charge in [-0.3, -0.25) is 10.2 Å². The summed E-state index contributed by atoms with van der Waals surface area (Å²) in [6.07, 6.45) is 5.38. The molecule has 26 rings (SSSR count). The van der Waals surface area contributed by atoms with Crippen molar-refractivity contribution in [2.24, 2.45) is 5.10 Å². The van der Waals surface area contributed by atoms with Gasteiger partial charge in [0.05, 0.1) is 38.6 Å². The van der Waals surface area contributed by atoms with Crippen molar-refractivity contribution in [1.82, 2.24) is 4.98 Å². The Balaban J connectivity index is 0.000000123. The molecule has 1 aromatic heterocycles. The first-order valence-electron chi connectivity index (χ1n) is 42.8. The van der Waals surface area contributed by atoms with E-state index in [0.717, 1.165) is 60.6 Å². The lowest BCUT2D eigenvalue weighted by Gasteiger charge is -2.48. The zero-order chi connectivity index (χ0) is 80.1. The lowest BCUT2D eigenvalue weighted by molar-refractivity contribution is 0.0972. The summed E-state index contributed by atoms with van der Waals surface area (Å²) < 4.78 is 14.9. The van der Waals surface area contributed by atoms with Gasteiger partial charge in [-0.25, -0.2) is 0 Å². The molecule has 18 aromatic rings. The minimum Gasteiger partial charge on any atom is -0.381 e. The summed E-state index contributed by atoms with van der Waals surface area (Å²) in [4.78, 5) is 15.2. The van der Waals surface area contributed by atoms with Crippen LogP contribution < -0.4 is 5.43 Å². The lowest BCUT2D eigenvalue weighted by Crippen LogP contribution is -2.43. The Morgan fingerprint density at radius 3 is 1.12 bits per heavy atom. The third kappa shape index (κ3) is 10.2. The van der Waals surface area contributed by atoms with Crippen LogP contribution >= 0.6 is 0 Å². The number of benzene rings is 17. The van der Waals surface area contributed by atoms with Gasteiger partial charge < -0.3 is 9.72 Å². The molecule has 1 aliphatic heterocycles. The Hall–Kier alpha value is -14.1. The number of aromatic nitrogens is 1. The maximum atomic E-state index is 11.3. The number of hydrogen-bond acceptors (Lipinski definition) is 4. The zero-order valence-electron chi connectivity index (χ0n) is 67.2. The lowest BCUT2D eigenvalue weighted by atomic mass is 9.52. The van der Waals surface area contributed by atoms with Crippen molar-refractivity contribution in [2.45, 2.75) is 61.2 Å². The minimum atomic E-state index is -0.542. The molecule has 4 spiro atoms. The minimum absolute atomic E-state index is 0. The van der Waals surface area contributed by atoms with Gasteiger partial charge in [-0.05, 0) is 177 Å². The summed E-state index contributed by atoms with van der Waals surface area (Å²) in [5.41, 5.74) is 42.2. The Morgan fingerprint density at radius 2 is 0.672 bits per heavy atom. The molecule has 0 amide bonds. The Labute approximate surface area is 697 Å². The van der Waals surface area contributed by atoms with Crippen molar-refractivity contribution >= 4 is 49.8 Å². The van der Waals surface area contributed by atoms with E-state index >= 15 is 0 Å². The van der Waals surface area contributed by atoms with Gasteiger partial charge in [-0.2, -0.15) is 5.10 Å². The van der Waals surface area contributed by atoms with Gasteiger partial charge in [0.1, 0.15) is 0 Å². The van der Waals surface area contributed by atoms with E-state index in [1.807, 2.05) is 36.4 Å². The number of hydrazone groups is 1. The predicted octanol–water partition coefficient (Wildman–Crippen LogP) is 27.0. The summed E-state index contributed by atoms with van der Waals surface area (Å²) in [6.45, 7) is 2.00. The van der Waals surface area contributed by atoms with Crippen LogP contribution in [0.4, 0.5) is 5.69 Å². The Morgan fingerprint density at radius 1 is 0.311 bits per heavy atom. The molecular formula is C114H87N3O2. The van der Waals surface area contributed by atoms with E-state index in [-0.39, 0.29) is 7.43 Å². The number of ketones is 1. The first-order chi connectivity index (χ1) is 59.5. The molecule has 119 heavy (non-hydrogen) atoms. The van der Waals surface area contributed by atoms with Crippen LogP contribution in [-0.4, -0.2) is 29.7 Å². The monoisotopic (exact) mass is 1530 g/mol. The second-order valence-electron chi connectivity index (χ2n) is 32.5. The highest BCUT2D eigenvalue weighted by atomic mass is 16.5. The number of aromatic amines is 1. The smallest absolute Gasteiger partial charge is 0.163 e. The van der Waals surface area contributed by atoms with Gasteiger partial charge in [0.15, 0.2) is 5.78 Å². The number of H-pyrrole nitrogens is 1. The van der Waals surface area contributed by atoms with Crippen molar-refractivity contribution in [3.8, 4) is 44.5 Å². The molecule has 5 heteroatoms. The highest BCUT2D eigenvalue weighted by Crippen LogP contribution is 2.70. The molecule has 5 nitrogen and oxygen atoms in total. The van der Waals surface area contributed by atoms with Crippen LogP contribution in [0.5, 0.6) is 0 Å². The van der Waals surface area contributed by atoms with Crippen molar-refractivity contribution < 1.29 is 12.5 Å². The molecule has 570 valence electrons. The number of aryl methyl sites for hydroxylation is 1. The molecule has 0 radical (unpaired) electrons. The van der Waals surface area contributed by atoms with E-state index < -0.39 is 21.7 Å². The number of anilines is 1. The first kappa shape index (κ1) is 70.3. The number of Topliss-reactive ketones (excluding diaryl/α,β-unsaturated/α-hetero) is 1. The Bertz CT molecular complexity index is 6930. The molecule has 8 aliphatic rings. The summed E-state index contributed by atoms with van der Waals surface area (Å²) in [5, 5.41) is 10.3. The standard InChI is InChI=1S/C51H34N2.C48H29N.C10H10O.C4H8O.CH4.H2/c1-3-18-34(19-4-1)49(35-20-5-2-6-21-35)53-52-47-33-17-32-46-48(47)38-24-9-12-27-41(38)51(46)44-30-15-13-28-42(44)50(43-29-14-16-31-45(43)51)39-25-10-7-22-36(39)37-23-8-11-26-40(37)50;1-2-14-30-29(13-1)25-28-43-44(30)34-26-27-42-45(46(34)49-43)33-17-5-8-20-37(33)48(42)40-23-11-9-21-38(40)47(39-22-10-12-24-41(39)48)35-18-6-3-15-31(35)32-16-4-7-19-36(32)47;11-10-7-3-5-8-4-1-2-6-9(8)10;1-2-4-5-3-1;;/h1-33,52H;1-28,49H;1-2,4,6H,3,5,7H2;1-4H2;1H4;1H/i;;;;;1+1D. The molecule has 0 atom stereocenters. The van der Waals surface area contributed by atoms with Crippen LogP contribution in [-0.2, 0) is 32.8 Å². The predicted molar refractivity (Wildman–Crippen MR) is 491 cm³/mol. The van der Waals surface area contributed by atoms with Crippen LogP contribution in [0.2, 0.25) is 0 Å². The molecule has 7 aliphatic carbocycles. The van der Waals surface area contributed by atoms with E-state index in [2.05, 4.69) is 368 Å². The molecule has 2 heterocycles. The average Bonchev–Trinajstić information content (AvgIpc) is 1.51. The molecule has 1 saturated heterocycles. The zero-order valence-corrected chi connectivity index (χ0v) is 65.2. The van der Waals surface area contributed by atoms with Crippen LogP contribution in [0.3, 0.4) is 0 Å². The van der Waals surface area contributed by atoms with E-state index in [0.29, 0.717) is 5.78 Å². The molecule has 0 unspecified atom stereocenters. The van der Waals surface area contributed by atoms with Crippen LogP contribution in [0, 0.1) is 0 Å². The molecular weight excluding hydrogens is 1440 g/mol. The summed E-state index contributed by atoms with van der Waals surface area (Å²) in [6, 6.07) is 145. The highest BCUT2D eigenvalue weighted by molar-refractivity contribution is 6.23. The third-order valence-corrected chi connectivity index (χ3v) is 27.0. The number of carbonyl (C=O) groups is 1. The van der Waals surface area contributed by atoms with E-state index in [9.17, 15) is 4.79 Å². The molecule has 17 aromatic carbocycles. The summed E-state index contributed by atoms with van der Waals surface area (Å²) in [5.74, 6) is 0.312. The van der Waals surface area contributed by atoms with E-state index in [1.54, 1.807) is 0 Å². The number of nitrogens with one attached hydrogen (secondary N) is 2. The fourth-order valence-electron chi connectivity index (χ4n) is 22.5. The number of rotatable bonds is 4. The third-order valence-electron chi connectivity index (χ3n) is 27.0. The van der Waals surface area contributed by atoms with Crippen molar-refractivity contribution in [3.05, 3.63) is 506 Å². The highest BCUT2D eigenvalue weighted by Gasteiger charge is 2.61. The largest absolute Gasteiger partial charge is 0.381 e. The number of nitrogens with zero attached hydrogens (tertiary/aromatic N) is 1. The fraction of sp³-hybridized carbons (Fsp3) is 0.105. The maximum absolute atomic E-state index is 11.3. The van der Waals surface area contributed by atoms with Gasteiger partial charge in [-0.1, -0.05) is 390 Å². The van der Waals surface area contributed by atoms with Gasteiger partial charge >= 0.3 is 0 Å². The average molecular weight is 1530 g/mol. The summed E-state index contributed by atoms with van der Waals surface area (Å²) in [7, 11) is 0. The van der Waals surface area contributed by atoms with Crippen molar-refractivity contribution in [1.29, 1.82) is 0 Å². The number of fused-ring (bicyclic) bond motifs is 39. The second kappa shape index (κ2) is 28.4. The van der Waals surface area contributed by atoms with Crippen molar-refractivity contribution in [2.75, 3.05) is 18.6 Å². The Kier molecular flexibility index (Phi) is 16.8. The van der Waals surface area contributed by atoms with Crippen molar-refractivity contribution in [3.63, 3.8) is 0 Å². The molecule has 0 saturated carbocycles. The van der Waals surface area contributed by atoms with Gasteiger partial charge in [-0.15, -0.1) is 0 Å². The number of hydrogen-bond donors (Lipinski definition) is 2. The quantitative estimate of drug-likeness (QED) is 0.136. The topological polar surface area (TPSA) is 66.5 Å². The molecule has 1 fully saturated rings. The maximum Gasteiger partial charge on any atom is 0.163 e. The fourth-order valence-corrected chi connectivity index (χ4v) is 22.5. The van der Waals surface area contributed by atoms with Crippen LogP contribution in [0.1, 0.15) is 152 Å².